The molecule has 0 spiro atoms. The molecule has 5 atom stereocenters. The predicted octanol–water partition coefficient (Wildman–Crippen LogP) is 1.13. The number of benzene rings is 1. The third-order valence-corrected chi connectivity index (χ3v) is 4.02. The van der Waals surface area contributed by atoms with Crippen LogP contribution in [-0.2, 0) is 30.4 Å². The first kappa shape index (κ1) is 18.4. The molecule has 7 heteroatoms. The monoisotopic (exact) mass is 338 g/mol. The fourth-order valence-electron chi connectivity index (χ4n) is 2.82. The van der Waals surface area contributed by atoms with Crippen LogP contribution in [0.2, 0.25) is 0 Å². The van der Waals surface area contributed by atoms with Crippen molar-refractivity contribution in [1.29, 1.82) is 0 Å². The van der Waals surface area contributed by atoms with E-state index in [2.05, 4.69) is 0 Å². The first-order valence-electron chi connectivity index (χ1n) is 7.67. The van der Waals surface area contributed by atoms with Crippen molar-refractivity contribution >= 4 is 11.9 Å². The molecule has 24 heavy (non-hydrogen) atoms. The summed E-state index contributed by atoms with van der Waals surface area (Å²) in [4.78, 5) is 22.8. The molecule has 2 rings (SSSR count). The quantitative estimate of drug-likeness (QED) is 0.776. The maximum absolute atomic E-state index is 11.4. The molecule has 0 radical (unpaired) electrons. The van der Waals surface area contributed by atoms with Crippen LogP contribution in [0, 0.1) is 0 Å². The van der Waals surface area contributed by atoms with Gasteiger partial charge in [-0.2, -0.15) is 0 Å². The lowest BCUT2D eigenvalue weighted by Gasteiger charge is -2.47. The Balaban J connectivity index is 2.23. The molecule has 0 aliphatic carbocycles. The Labute approximate surface area is 140 Å². The summed E-state index contributed by atoms with van der Waals surface area (Å²) in [6.45, 7) is 4.30. The summed E-state index contributed by atoms with van der Waals surface area (Å²) in [5.41, 5.74) is -1.03. The molecule has 2 unspecified atom stereocenters. The lowest BCUT2D eigenvalue weighted by molar-refractivity contribution is -0.275. The molecule has 0 bridgehead atoms. The van der Waals surface area contributed by atoms with Gasteiger partial charge in [-0.25, -0.2) is 4.79 Å². The number of carboxylic acid groups (broad SMARTS) is 1. The zero-order chi connectivity index (χ0) is 17.9. The second-order valence-electron chi connectivity index (χ2n) is 6.08. The summed E-state index contributed by atoms with van der Waals surface area (Å²) in [6.07, 6.45) is -4.17. The maximum atomic E-state index is 11.4. The van der Waals surface area contributed by atoms with Gasteiger partial charge in [0.25, 0.3) is 0 Å². The van der Waals surface area contributed by atoms with Gasteiger partial charge in [0, 0.05) is 6.92 Å². The SMILES string of the molecule is CC(=O)O[C@@H]1C(OCc2ccccc2)[C@H](C)OC(C(=O)O)[C@@]1(C)O. The van der Waals surface area contributed by atoms with Gasteiger partial charge in [0.05, 0.1) is 12.7 Å². The van der Waals surface area contributed by atoms with Crippen molar-refractivity contribution in [3.8, 4) is 0 Å². The molecular formula is C17H22O7. The highest BCUT2D eigenvalue weighted by molar-refractivity contribution is 5.74. The first-order chi connectivity index (χ1) is 11.2. The smallest absolute Gasteiger partial charge is 0.336 e. The third kappa shape index (κ3) is 3.92. The number of hydrogen-bond acceptors (Lipinski definition) is 6. The Hall–Kier alpha value is -1.96. The molecular weight excluding hydrogens is 316 g/mol. The van der Waals surface area contributed by atoms with Gasteiger partial charge in [-0.05, 0) is 19.4 Å². The predicted molar refractivity (Wildman–Crippen MR) is 83.2 cm³/mol. The van der Waals surface area contributed by atoms with Gasteiger partial charge in [-0.3, -0.25) is 4.79 Å². The van der Waals surface area contributed by atoms with Crippen LogP contribution in [0.25, 0.3) is 0 Å². The average Bonchev–Trinajstić information content (AvgIpc) is 2.50. The van der Waals surface area contributed by atoms with Crippen LogP contribution in [-0.4, -0.2) is 52.2 Å². The van der Waals surface area contributed by atoms with Gasteiger partial charge in [-0.1, -0.05) is 30.3 Å². The summed E-state index contributed by atoms with van der Waals surface area (Å²) < 4.78 is 16.4. The number of hydrogen-bond donors (Lipinski definition) is 2. The van der Waals surface area contributed by atoms with Crippen LogP contribution >= 0.6 is 0 Å². The molecule has 7 nitrogen and oxygen atoms in total. The van der Waals surface area contributed by atoms with Crippen LogP contribution in [0.4, 0.5) is 0 Å². The molecule has 132 valence electrons. The normalized spacial score (nSPS) is 33.0. The molecule has 0 saturated carbocycles. The largest absolute Gasteiger partial charge is 0.479 e. The van der Waals surface area contributed by atoms with Crippen molar-refractivity contribution in [1.82, 2.24) is 0 Å². The number of carbonyl (C=O) groups is 2. The molecule has 1 aliphatic heterocycles. The van der Waals surface area contributed by atoms with Crippen LogP contribution in [0.3, 0.4) is 0 Å². The van der Waals surface area contributed by atoms with Crippen molar-refractivity contribution in [3.05, 3.63) is 35.9 Å². The highest BCUT2D eigenvalue weighted by atomic mass is 16.6. The summed E-state index contributed by atoms with van der Waals surface area (Å²) in [6, 6.07) is 9.33. The fraction of sp³-hybridized carbons (Fsp3) is 0.529. The van der Waals surface area contributed by atoms with E-state index < -0.39 is 42.0 Å². The summed E-state index contributed by atoms with van der Waals surface area (Å²) in [5, 5.41) is 19.9. The second kappa shape index (κ2) is 7.29. The standard InChI is InChI=1S/C17H22O7/c1-10-13(22-9-12-7-5-4-6-8-12)14(24-11(2)18)17(3,21)15(23-10)16(19)20/h4-8,10,13-15,21H,9H2,1-3H3,(H,19,20)/t10-,13?,14+,15?,17-/m0/s1. The number of esters is 1. The summed E-state index contributed by atoms with van der Waals surface area (Å²) >= 11 is 0. The molecule has 1 aromatic rings. The Morgan fingerprint density at radius 3 is 2.46 bits per heavy atom. The van der Waals surface area contributed by atoms with E-state index in [-0.39, 0.29) is 6.61 Å². The average molecular weight is 338 g/mol. The number of carboxylic acids is 1. The molecule has 1 heterocycles. The van der Waals surface area contributed by atoms with Gasteiger partial charge >= 0.3 is 11.9 Å². The Bertz CT molecular complexity index is 584. The third-order valence-electron chi connectivity index (χ3n) is 4.02. The maximum Gasteiger partial charge on any atom is 0.336 e. The highest BCUT2D eigenvalue weighted by Crippen LogP contribution is 2.34. The van der Waals surface area contributed by atoms with Crippen LogP contribution < -0.4 is 0 Å². The van der Waals surface area contributed by atoms with E-state index in [0.717, 1.165) is 5.56 Å². The number of aliphatic hydroxyl groups is 1. The fourth-order valence-corrected chi connectivity index (χ4v) is 2.82. The van der Waals surface area contributed by atoms with E-state index in [9.17, 15) is 19.8 Å². The van der Waals surface area contributed by atoms with E-state index >= 15 is 0 Å². The zero-order valence-corrected chi connectivity index (χ0v) is 13.8. The van der Waals surface area contributed by atoms with Crippen molar-refractivity contribution in [3.63, 3.8) is 0 Å². The van der Waals surface area contributed by atoms with Gasteiger partial charge in [0.1, 0.15) is 11.7 Å². The van der Waals surface area contributed by atoms with Crippen molar-refractivity contribution in [2.75, 3.05) is 0 Å². The minimum atomic E-state index is -1.93. The molecule has 2 N–H and O–H groups in total. The topological polar surface area (TPSA) is 102 Å². The van der Waals surface area contributed by atoms with E-state index in [1.54, 1.807) is 6.92 Å². The summed E-state index contributed by atoms with van der Waals surface area (Å²) in [7, 11) is 0. The highest BCUT2D eigenvalue weighted by Gasteiger charge is 2.57. The van der Waals surface area contributed by atoms with Crippen LogP contribution in [0.5, 0.6) is 0 Å². The van der Waals surface area contributed by atoms with Crippen LogP contribution in [0.15, 0.2) is 30.3 Å². The molecule has 1 fully saturated rings. The van der Waals surface area contributed by atoms with Crippen molar-refractivity contribution < 1.29 is 34.0 Å². The van der Waals surface area contributed by atoms with Gasteiger partial charge < -0.3 is 24.4 Å². The van der Waals surface area contributed by atoms with E-state index in [1.165, 1.54) is 13.8 Å². The number of aliphatic carboxylic acids is 1. The molecule has 1 aliphatic rings. The molecule has 1 saturated heterocycles. The van der Waals surface area contributed by atoms with E-state index in [0.29, 0.717) is 0 Å². The summed E-state index contributed by atoms with van der Waals surface area (Å²) in [5.74, 6) is -1.96. The molecule has 0 aromatic heterocycles. The Morgan fingerprint density at radius 1 is 1.29 bits per heavy atom. The Morgan fingerprint density at radius 2 is 1.92 bits per heavy atom. The number of ether oxygens (including phenoxy) is 3. The van der Waals surface area contributed by atoms with E-state index in [4.69, 9.17) is 14.2 Å². The number of carbonyl (C=O) groups excluding carboxylic acids is 1. The van der Waals surface area contributed by atoms with Gasteiger partial charge in [0.2, 0.25) is 0 Å². The van der Waals surface area contributed by atoms with E-state index in [1.807, 2.05) is 30.3 Å². The molecule has 1 aromatic carbocycles. The van der Waals surface area contributed by atoms with Crippen LogP contribution in [0.1, 0.15) is 26.3 Å². The van der Waals surface area contributed by atoms with Crippen molar-refractivity contribution in [2.24, 2.45) is 0 Å². The molecule has 0 amide bonds. The lowest BCUT2D eigenvalue weighted by atomic mass is 9.83. The lowest BCUT2D eigenvalue weighted by Crippen LogP contribution is -2.67. The first-order valence-corrected chi connectivity index (χ1v) is 7.67. The minimum absolute atomic E-state index is 0.213. The second-order valence-corrected chi connectivity index (χ2v) is 6.08. The van der Waals surface area contributed by atoms with Gasteiger partial charge in [-0.15, -0.1) is 0 Å². The zero-order valence-electron chi connectivity index (χ0n) is 13.8. The van der Waals surface area contributed by atoms with Crippen molar-refractivity contribution in [2.45, 2.75) is 57.4 Å². The minimum Gasteiger partial charge on any atom is -0.479 e. The van der Waals surface area contributed by atoms with Gasteiger partial charge in [0.15, 0.2) is 12.2 Å². The number of rotatable bonds is 5. The Kier molecular flexibility index (Phi) is 5.58.